The minimum absolute atomic E-state index is 0.0807. The maximum atomic E-state index is 13.5. The van der Waals surface area contributed by atoms with E-state index in [0.29, 0.717) is 16.9 Å². The van der Waals surface area contributed by atoms with Crippen molar-refractivity contribution < 1.29 is 4.39 Å². The molecule has 0 atom stereocenters. The third kappa shape index (κ3) is 1.68. The number of nitrogens with zero attached hydrogens (tertiary/aromatic N) is 1. The fourth-order valence-corrected chi connectivity index (χ4v) is 1.92. The highest BCUT2D eigenvalue weighted by Crippen LogP contribution is 2.17. The first kappa shape index (κ1) is 10.7. The molecular formula is C14H9FN2O. The van der Waals surface area contributed by atoms with Crippen molar-refractivity contribution in [2.24, 2.45) is 0 Å². The van der Waals surface area contributed by atoms with Gasteiger partial charge in [0.15, 0.2) is 5.43 Å². The number of pyridine rings is 2. The molecule has 3 rings (SSSR count). The van der Waals surface area contributed by atoms with Crippen molar-refractivity contribution in [2.75, 3.05) is 0 Å². The van der Waals surface area contributed by atoms with Gasteiger partial charge in [-0.05, 0) is 24.3 Å². The summed E-state index contributed by atoms with van der Waals surface area (Å²) in [6.07, 6.45) is 1.64. The van der Waals surface area contributed by atoms with E-state index in [-0.39, 0.29) is 10.8 Å². The summed E-state index contributed by atoms with van der Waals surface area (Å²) in [7, 11) is 0. The zero-order valence-electron chi connectivity index (χ0n) is 9.35. The molecule has 0 aliphatic carbocycles. The summed E-state index contributed by atoms with van der Waals surface area (Å²) in [4.78, 5) is 19.1. The molecule has 0 saturated heterocycles. The number of halogens is 1. The first-order valence-electron chi connectivity index (χ1n) is 5.48. The molecule has 0 amide bonds. The van der Waals surface area contributed by atoms with E-state index in [1.165, 1.54) is 12.1 Å². The summed E-state index contributed by atoms with van der Waals surface area (Å²) < 4.78 is 13.5. The van der Waals surface area contributed by atoms with Crippen LogP contribution in [0, 0.1) is 5.82 Å². The second-order valence-corrected chi connectivity index (χ2v) is 3.92. The van der Waals surface area contributed by atoms with Crippen LogP contribution in [0.2, 0.25) is 0 Å². The van der Waals surface area contributed by atoms with Gasteiger partial charge in [-0.3, -0.25) is 9.78 Å². The van der Waals surface area contributed by atoms with Crippen LogP contribution in [0.25, 0.3) is 22.3 Å². The van der Waals surface area contributed by atoms with E-state index in [2.05, 4.69) is 9.97 Å². The average Bonchev–Trinajstić information content (AvgIpc) is 2.39. The number of fused-ring (bicyclic) bond motifs is 1. The van der Waals surface area contributed by atoms with Gasteiger partial charge in [-0.1, -0.05) is 12.1 Å². The van der Waals surface area contributed by atoms with E-state index in [0.717, 1.165) is 0 Å². The highest BCUT2D eigenvalue weighted by Gasteiger charge is 2.08. The number of nitrogens with one attached hydrogen (secondary N) is 1. The van der Waals surface area contributed by atoms with Crippen LogP contribution < -0.4 is 5.43 Å². The van der Waals surface area contributed by atoms with Crippen LogP contribution in [0.1, 0.15) is 0 Å². The Morgan fingerprint density at radius 2 is 2.00 bits per heavy atom. The topological polar surface area (TPSA) is 45.8 Å². The fourth-order valence-electron chi connectivity index (χ4n) is 1.92. The van der Waals surface area contributed by atoms with Crippen molar-refractivity contribution in [1.29, 1.82) is 0 Å². The number of rotatable bonds is 1. The standard InChI is InChI=1S/C14H9FN2O/c15-9-4-3-6-11-14(9)13(18)8-12(17-11)10-5-1-2-7-16-10/h1-8H,(H,17,18). The summed E-state index contributed by atoms with van der Waals surface area (Å²) in [5.74, 6) is -0.513. The largest absolute Gasteiger partial charge is 0.353 e. The van der Waals surface area contributed by atoms with Crippen LogP contribution >= 0.6 is 0 Å². The smallest absolute Gasteiger partial charge is 0.193 e. The number of hydrogen-bond acceptors (Lipinski definition) is 2. The average molecular weight is 240 g/mol. The minimum Gasteiger partial charge on any atom is -0.353 e. The summed E-state index contributed by atoms with van der Waals surface area (Å²) >= 11 is 0. The molecule has 3 aromatic rings. The Morgan fingerprint density at radius 1 is 1.11 bits per heavy atom. The Bertz CT molecular complexity index is 766. The summed E-state index contributed by atoms with van der Waals surface area (Å²) in [6, 6.07) is 11.3. The van der Waals surface area contributed by atoms with Gasteiger partial charge in [0.05, 0.1) is 22.3 Å². The Labute approximate surface area is 102 Å². The zero-order chi connectivity index (χ0) is 12.5. The molecule has 18 heavy (non-hydrogen) atoms. The van der Waals surface area contributed by atoms with Crippen molar-refractivity contribution in [3.63, 3.8) is 0 Å². The Kier molecular flexibility index (Phi) is 2.41. The highest BCUT2D eigenvalue weighted by atomic mass is 19.1. The van der Waals surface area contributed by atoms with Crippen LogP contribution in [0.4, 0.5) is 4.39 Å². The lowest BCUT2D eigenvalue weighted by Crippen LogP contribution is -2.05. The normalized spacial score (nSPS) is 10.7. The van der Waals surface area contributed by atoms with Crippen LogP contribution in [0.5, 0.6) is 0 Å². The molecule has 4 heteroatoms. The van der Waals surface area contributed by atoms with Gasteiger partial charge in [0.25, 0.3) is 0 Å². The maximum absolute atomic E-state index is 13.5. The van der Waals surface area contributed by atoms with Gasteiger partial charge in [0.2, 0.25) is 0 Å². The first-order valence-corrected chi connectivity index (χ1v) is 5.48. The molecule has 0 aliphatic rings. The molecule has 1 aromatic carbocycles. The highest BCUT2D eigenvalue weighted by molar-refractivity contribution is 5.81. The van der Waals surface area contributed by atoms with E-state index in [4.69, 9.17) is 0 Å². The van der Waals surface area contributed by atoms with E-state index < -0.39 is 5.82 Å². The van der Waals surface area contributed by atoms with Gasteiger partial charge < -0.3 is 4.98 Å². The first-order chi connectivity index (χ1) is 8.75. The van der Waals surface area contributed by atoms with E-state index in [1.54, 1.807) is 30.5 Å². The molecule has 1 N–H and O–H groups in total. The molecule has 88 valence electrons. The van der Waals surface area contributed by atoms with Gasteiger partial charge in [0.1, 0.15) is 5.82 Å². The maximum Gasteiger partial charge on any atom is 0.193 e. The molecule has 0 spiro atoms. The lowest BCUT2D eigenvalue weighted by atomic mass is 10.1. The van der Waals surface area contributed by atoms with Crippen molar-refractivity contribution in [3.05, 3.63) is 64.7 Å². The monoisotopic (exact) mass is 240 g/mol. The molecule has 0 saturated carbocycles. The number of aromatic nitrogens is 2. The fraction of sp³-hybridized carbons (Fsp3) is 0. The van der Waals surface area contributed by atoms with Crippen LogP contribution in [0.3, 0.4) is 0 Å². The lowest BCUT2D eigenvalue weighted by molar-refractivity contribution is 0.639. The van der Waals surface area contributed by atoms with Gasteiger partial charge in [0, 0.05) is 12.3 Å². The van der Waals surface area contributed by atoms with Gasteiger partial charge in [-0.2, -0.15) is 0 Å². The van der Waals surface area contributed by atoms with Gasteiger partial charge in [-0.15, -0.1) is 0 Å². The second kappa shape index (κ2) is 4.07. The van der Waals surface area contributed by atoms with Crippen molar-refractivity contribution >= 4 is 10.9 Å². The SMILES string of the molecule is O=c1cc(-c2ccccn2)[nH]c2cccc(F)c12. The summed E-state index contributed by atoms with van der Waals surface area (Å²) in [5, 5.41) is 0.0807. The van der Waals surface area contributed by atoms with Crippen molar-refractivity contribution in [2.45, 2.75) is 0 Å². The van der Waals surface area contributed by atoms with Crippen molar-refractivity contribution in [1.82, 2.24) is 9.97 Å². The van der Waals surface area contributed by atoms with Crippen LogP contribution in [-0.2, 0) is 0 Å². The number of benzene rings is 1. The number of aromatic amines is 1. The Morgan fingerprint density at radius 3 is 2.78 bits per heavy atom. The third-order valence-electron chi connectivity index (χ3n) is 2.75. The quantitative estimate of drug-likeness (QED) is 0.710. The molecule has 3 nitrogen and oxygen atoms in total. The third-order valence-corrected chi connectivity index (χ3v) is 2.75. The Balaban J connectivity index is 2.33. The zero-order valence-corrected chi connectivity index (χ0v) is 9.35. The molecular weight excluding hydrogens is 231 g/mol. The molecule has 2 heterocycles. The predicted molar refractivity (Wildman–Crippen MR) is 67.8 cm³/mol. The molecule has 0 aliphatic heterocycles. The predicted octanol–water partition coefficient (Wildman–Crippen LogP) is 2.73. The summed E-state index contributed by atoms with van der Waals surface area (Å²) in [6.45, 7) is 0. The lowest BCUT2D eigenvalue weighted by Gasteiger charge is -2.04. The van der Waals surface area contributed by atoms with Crippen LogP contribution in [-0.4, -0.2) is 9.97 Å². The van der Waals surface area contributed by atoms with Gasteiger partial charge in [-0.25, -0.2) is 4.39 Å². The molecule has 0 bridgehead atoms. The molecule has 0 unspecified atom stereocenters. The number of H-pyrrole nitrogens is 1. The van der Waals surface area contributed by atoms with E-state index in [1.807, 2.05) is 6.07 Å². The van der Waals surface area contributed by atoms with Crippen LogP contribution in [0.15, 0.2) is 53.5 Å². The Hall–Kier alpha value is -2.49. The molecule has 2 aromatic heterocycles. The summed E-state index contributed by atoms with van der Waals surface area (Å²) in [5.41, 5.74) is 1.37. The molecule has 0 radical (unpaired) electrons. The minimum atomic E-state index is -0.513. The molecule has 0 fully saturated rings. The van der Waals surface area contributed by atoms with E-state index in [9.17, 15) is 9.18 Å². The number of hydrogen-bond donors (Lipinski definition) is 1. The second-order valence-electron chi connectivity index (χ2n) is 3.92. The van der Waals surface area contributed by atoms with E-state index >= 15 is 0 Å². The van der Waals surface area contributed by atoms with Crippen molar-refractivity contribution in [3.8, 4) is 11.4 Å². The van der Waals surface area contributed by atoms with Gasteiger partial charge >= 0.3 is 0 Å².